The molecule has 0 aliphatic carbocycles. The van der Waals surface area contributed by atoms with Crippen molar-refractivity contribution in [2.45, 2.75) is 6.54 Å². The van der Waals surface area contributed by atoms with Crippen LogP contribution in [0.4, 0.5) is 10.1 Å². The van der Waals surface area contributed by atoms with E-state index in [1.54, 1.807) is 11.4 Å². The summed E-state index contributed by atoms with van der Waals surface area (Å²) in [7, 11) is 0. The maximum Gasteiger partial charge on any atom is 0.124 e. The van der Waals surface area contributed by atoms with Crippen molar-refractivity contribution in [3.8, 4) is 6.07 Å². The second kappa shape index (κ2) is 5.17. The second-order valence-electron chi connectivity index (χ2n) is 3.39. The number of hydrogen-bond donors (Lipinski definition) is 1. The zero-order valence-electron chi connectivity index (χ0n) is 8.71. The first-order valence-corrected chi connectivity index (χ1v) is 6.11. The predicted molar refractivity (Wildman–Crippen MR) is 67.8 cm³/mol. The highest BCUT2D eigenvalue weighted by molar-refractivity contribution is 7.10. The third kappa shape index (κ3) is 2.96. The molecule has 0 fully saturated rings. The second-order valence-corrected chi connectivity index (χ2v) is 4.79. The molecule has 0 aliphatic heterocycles. The summed E-state index contributed by atoms with van der Waals surface area (Å²) in [6, 6.07) is 8.09. The minimum atomic E-state index is -0.358. The Morgan fingerprint density at radius 3 is 2.88 bits per heavy atom. The van der Waals surface area contributed by atoms with Crippen LogP contribution in [0.1, 0.15) is 10.4 Å². The van der Waals surface area contributed by atoms with Gasteiger partial charge in [0.15, 0.2) is 0 Å². The van der Waals surface area contributed by atoms with Crippen molar-refractivity contribution < 1.29 is 4.39 Å². The third-order valence-electron chi connectivity index (χ3n) is 2.17. The molecule has 0 unspecified atom stereocenters. The first-order chi connectivity index (χ1) is 8.19. The maximum atomic E-state index is 12.8. The Balaban J connectivity index is 2.05. The van der Waals surface area contributed by atoms with E-state index in [-0.39, 0.29) is 5.82 Å². The summed E-state index contributed by atoms with van der Waals surface area (Å²) in [5, 5.41) is 13.9. The lowest BCUT2D eigenvalue weighted by molar-refractivity contribution is 0.628. The maximum absolute atomic E-state index is 12.8. The average Bonchev–Trinajstić information content (AvgIpc) is 2.76. The normalized spacial score (nSPS) is 9.94. The Bertz CT molecular complexity index is 574. The van der Waals surface area contributed by atoms with Gasteiger partial charge < -0.3 is 5.32 Å². The number of nitrogens with zero attached hydrogens (tertiary/aromatic N) is 1. The molecule has 0 aliphatic rings. The molecule has 1 aromatic carbocycles. The molecule has 17 heavy (non-hydrogen) atoms. The molecule has 0 saturated carbocycles. The molecule has 1 heterocycles. The van der Waals surface area contributed by atoms with Gasteiger partial charge in [0, 0.05) is 16.8 Å². The summed E-state index contributed by atoms with van der Waals surface area (Å²) in [6.07, 6.45) is 0. The molecule has 2 aromatic rings. The lowest BCUT2D eigenvalue weighted by atomic mass is 10.3. The van der Waals surface area contributed by atoms with Gasteiger partial charge in [-0.1, -0.05) is 11.6 Å². The molecule has 2 rings (SSSR count). The van der Waals surface area contributed by atoms with Gasteiger partial charge in [0.1, 0.15) is 11.9 Å². The Kier molecular flexibility index (Phi) is 3.62. The largest absolute Gasteiger partial charge is 0.379 e. The summed E-state index contributed by atoms with van der Waals surface area (Å²) in [4.78, 5) is 1.03. The van der Waals surface area contributed by atoms with E-state index < -0.39 is 0 Å². The van der Waals surface area contributed by atoms with Crippen molar-refractivity contribution in [1.82, 2.24) is 0 Å². The van der Waals surface area contributed by atoms with Crippen LogP contribution in [0.2, 0.25) is 5.02 Å². The number of nitriles is 1. The van der Waals surface area contributed by atoms with Crippen LogP contribution in [0, 0.1) is 17.1 Å². The SMILES string of the molecule is N#Cc1csc(CNc2ccc(F)cc2Cl)c1. The molecular weight excluding hydrogens is 259 g/mol. The van der Waals surface area contributed by atoms with Crippen molar-refractivity contribution in [3.05, 3.63) is 50.9 Å². The number of hydrogen-bond acceptors (Lipinski definition) is 3. The smallest absolute Gasteiger partial charge is 0.124 e. The van der Waals surface area contributed by atoms with Crippen LogP contribution < -0.4 is 5.32 Å². The molecule has 0 saturated heterocycles. The van der Waals surface area contributed by atoms with Gasteiger partial charge in [0.2, 0.25) is 0 Å². The fourth-order valence-electron chi connectivity index (χ4n) is 1.35. The minimum absolute atomic E-state index is 0.349. The molecule has 0 amide bonds. The van der Waals surface area contributed by atoms with Gasteiger partial charge in [-0.15, -0.1) is 11.3 Å². The number of anilines is 1. The number of thiophene rings is 1. The molecule has 0 radical (unpaired) electrons. The van der Waals surface area contributed by atoms with E-state index >= 15 is 0 Å². The molecule has 0 spiro atoms. The standard InChI is InChI=1S/C12H8ClFN2S/c13-11-4-9(14)1-2-12(11)16-6-10-3-8(5-15)7-17-10/h1-4,7,16H,6H2. The summed E-state index contributed by atoms with van der Waals surface area (Å²) < 4.78 is 12.8. The summed E-state index contributed by atoms with van der Waals surface area (Å²) in [5.41, 5.74) is 1.33. The van der Waals surface area contributed by atoms with Crippen molar-refractivity contribution in [2.24, 2.45) is 0 Å². The summed E-state index contributed by atoms with van der Waals surface area (Å²) in [6.45, 7) is 0.567. The minimum Gasteiger partial charge on any atom is -0.379 e. The summed E-state index contributed by atoms with van der Waals surface area (Å²) >= 11 is 7.38. The van der Waals surface area contributed by atoms with Crippen LogP contribution in [0.15, 0.2) is 29.6 Å². The van der Waals surface area contributed by atoms with E-state index in [0.29, 0.717) is 22.8 Å². The molecule has 86 valence electrons. The highest BCUT2D eigenvalue weighted by atomic mass is 35.5. The number of benzene rings is 1. The number of halogens is 2. The van der Waals surface area contributed by atoms with E-state index in [2.05, 4.69) is 11.4 Å². The lowest BCUT2D eigenvalue weighted by Crippen LogP contribution is -1.98. The van der Waals surface area contributed by atoms with E-state index in [0.717, 1.165) is 4.88 Å². The number of nitrogens with one attached hydrogen (secondary N) is 1. The van der Waals surface area contributed by atoms with Gasteiger partial charge in [0.25, 0.3) is 0 Å². The zero-order valence-corrected chi connectivity index (χ0v) is 10.3. The zero-order chi connectivity index (χ0) is 12.3. The van der Waals surface area contributed by atoms with Crippen molar-refractivity contribution >= 4 is 28.6 Å². The van der Waals surface area contributed by atoms with Crippen LogP contribution in [0.25, 0.3) is 0 Å². The fraction of sp³-hybridized carbons (Fsp3) is 0.0833. The van der Waals surface area contributed by atoms with Gasteiger partial charge in [-0.25, -0.2) is 4.39 Å². The topological polar surface area (TPSA) is 35.8 Å². The summed E-state index contributed by atoms with van der Waals surface area (Å²) in [5.74, 6) is -0.358. The molecule has 5 heteroatoms. The predicted octanol–water partition coefficient (Wildman–Crippen LogP) is 4.02. The molecular formula is C12H8ClFN2S. The Morgan fingerprint density at radius 2 is 2.24 bits per heavy atom. The van der Waals surface area contributed by atoms with Gasteiger partial charge in [-0.2, -0.15) is 5.26 Å². The van der Waals surface area contributed by atoms with E-state index in [4.69, 9.17) is 16.9 Å². The monoisotopic (exact) mass is 266 g/mol. The van der Waals surface area contributed by atoms with Crippen molar-refractivity contribution in [1.29, 1.82) is 5.26 Å². The van der Waals surface area contributed by atoms with Crippen LogP contribution >= 0.6 is 22.9 Å². The molecule has 1 N–H and O–H groups in total. The Hall–Kier alpha value is -1.57. The van der Waals surface area contributed by atoms with E-state index in [1.165, 1.54) is 23.5 Å². The van der Waals surface area contributed by atoms with Crippen LogP contribution in [-0.2, 0) is 6.54 Å². The van der Waals surface area contributed by atoms with E-state index in [9.17, 15) is 4.39 Å². The van der Waals surface area contributed by atoms with Gasteiger partial charge >= 0.3 is 0 Å². The van der Waals surface area contributed by atoms with Gasteiger partial charge in [0.05, 0.1) is 16.3 Å². The lowest BCUT2D eigenvalue weighted by Gasteiger charge is -2.06. The number of rotatable bonds is 3. The first-order valence-electron chi connectivity index (χ1n) is 4.85. The van der Waals surface area contributed by atoms with Gasteiger partial charge in [-0.3, -0.25) is 0 Å². The Morgan fingerprint density at radius 1 is 1.41 bits per heavy atom. The van der Waals surface area contributed by atoms with Gasteiger partial charge in [-0.05, 0) is 24.3 Å². The molecule has 0 atom stereocenters. The molecule has 0 bridgehead atoms. The van der Waals surface area contributed by atoms with Crippen molar-refractivity contribution in [3.63, 3.8) is 0 Å². The highest BCUT2D eigenvalue weighted by Crippen LogP contribution is 2.24. The van der Waals surface area contributed by atoms with Crippen LogP contribution in [-0.4, -0.2) is 0 Å². The fourth-order valence-corrected chi connectivity index (χ4v) is 2.33. The first kappa shape index (κ1) is 11.9. The van der Waals surface area contributed by atoms with E-state index in [1.807, 2.05) is 6.07 Å². The molecule has 1 aromatic heterocycles. The third-order valence-corrected chi connectivity index (χ3v) is 3.42. The van der Waals surface area contributed by atoms with Crippen molar-refractivity contribution in [2.75, 3.05) is 5.32 Å². The average molecular weight is 267 g/mol. The highest BCUT2D eigenvalue weighted by Gasteiger charge is 2.03. The quantitative estimate of drug-likeness (QED) is 0.911. The molecule has 2 nitrogen and oxygen atoms in total. The Labute approximate surface area is 107 Å². The van der Waals surface area contributed by atoms with Crippen LogP contribution in [0.5, 0.6) is 0 Å². The van der Waals surface area contributed by atoms with Crippen LogP contribution in [0.3, 0.4) is 0 Å².